The van der Waals surface area contributed by atoms with E-state index in [0.717, 1.165) is 19.3 Å². The minimum absolute atomic E-state index is 0.127. The predicted molar refractivity (Wildman–Crippen MR) is 64.6 cm³/mol. The molecule has 0 fully saturated rings. The van der Waals surface area contributed by atoms with Crippen LogP contribution in [-0.2, 0) is 9.53 Å². The lowest BCUT2D eigenvalue weighted by atomic mass is 10.1. The molecule has 0 aromatic heterocycles. The second kappa shape index (κ2) is 8.49. The Balaban J connectivity index is 3.49. The van der Waals surface area contributed by atoms with Gasteiger partial charge in [0.25, 0.3) is 4.52 Å². The maximum absolute atomic E-state index is 11.2. The van der Waals surface area contributed by atoms with E-state index in [1.165, 1.54) is 12.8 Å². The highest BCUT2D eigenvalue weighted by atomic mass is 35.5. The van der Waals surface area contributed by atoms with E-state index in [1.54, 1.807) is 0 Å². The molecule has 0 radical (unpaired) electrons. The second-order valence-electron chi connectivity index (χ2n) is 3.41. The minimum atomic E-state index is -1.58. The summed E-state index contributed by atoms with van der Waals surface area (Å²) in [6.45, 7) is 2.14. The average Bonchev–Trinajstić information content (AvgIpc) is 2.17. The van der Waals surface area contributed by atoms with Crippen molar-refractivity contribution in [2.24, 2.45) is 0 Å². The standard InChI is InChI=1S/C10H17Cl3O2/c1-2-3-4-5-6-7-9(14)15-10(12,13)8-11/h2-8H2,1H3. The molecule has 0 saturated heterocycles. The van der Waals surface area contributed by atoms with E-state index in [-0.39, 0.29) is 5.88 Å². The first-order valence-electron chi connectivity index (χ1n) is 5.17. The van der Waals surface area contributed by atoms with Crippen LogP contribution in [0.2, 0.25) is 0 Å². The molecule has 0 heterocycles. The fraction of sp³-hybridized carbons (Fsp3) is 0.900. The van der Waals surface area contributed by atoms with Gasteiger partial charge in [0.05, 0.1) is 5.88 Å². The summed E-state index contributed by atoms with van der Waals surface area (Å²) in [4.78, 5) is 11.2. The molecule has 0 saturated carbocycles. The Labute approximate surface area is 106 Å². The Morgan fingerprint density at radius 1 is 1.20 bits per heavy atom. The van der Waals surface area contributed by atoms with Gasteiger partial charge in [0.1, 0.15) is 0 Å². The van der Waals surface area contributed by atoms with E-state index < -0.39 is 10.5 Å². The summed E-state index contributed by atoms with van der Waals surface area (Å²) in [5, 5.41) is 0. The van der Waals surface area contributed by atoms with E-state index in [4.69, 9.17) is 39.5 Å². The number of ether oxygens (including phenoxy) is 1. The second-order valence-corrected chi connectivity index (χ2v) is 5.09. The molecule has 0 bridgehead atoms. The first-order valence-corrected chi connectivity index (χ1v) is 6.46. The highest BCUT2D eigenvalue weighted by Crippen LogP contribution is 2.25. The molecule has 0 unspecified atom stereocenters. The lowest BCUT2D eigenvalue weighted by Gasteiger charge is -2.16. The van der Waals surface area contributed by atoms with Crippen LogP contribution in [0.3, 0.4) is 0 Å². The summed E-state index contributed by atoms with van der Waals surface area (Å²) in [5.74, 6) is -0.519. The molecule has 2 nitrogen and oxygen atoms in total. The van der Waals surface area contributed by atoms with Gasteiger partial charge in [-0.25, -0.2) is 0 Å². The van der Waals surface area contributed by atoms with Crippen molar-refractivity contribution in [1.82, 2.24) is 0 Å². The van der Waals surface area contributed by atoms with Crippen molar-refractivity contribution in [3.63, 3.8) is 0 Å². The Hall–Kier alpha value is 0.340. The summed E-state index contributed by atoms with van der Waals surface area (Å²) in [5.41, 5.74) is 0. The zero-order chi connectivity index (χ0) is 11.7. The van der Waals surface area contributed by atoms with Crippen LogP contribution >= 0.6 is 34.8 Å². The highest BCUT2D eigenvalue weighted by molar-refractivity contribution is 6.50. The largest absolute Gasteiger partial charge is 0.427 e. The van der Waals surface area contributed by atoms with Crippen molar-refractivity contribution in [2.45, 2.75) is 50.0 Å². The van der Waals surface area contributed by atoms with Gasteiger partial charge in [0.2, 0.25) is 0 Å². The quantitative estimate of drug-likeness (QED) is 0.376. The van der Waals surface area contributed by atoms with Crippen molar-refractivity contribution in [3.05, 3.63) is 0 Å². The molecule has 0 atom stereocenters. The van der Waals surface area contributed by atoms with E-state index in [2.05, 4.69) is 6.92 Å². The van der Waals surface area contributed by atoms with Gasteiger partial charge >= 0.3 is 5.97 Å². The van der Waals surface area contributed by atoms with Gasteiger partial charge in [-0.3, -0.25) is 4.79 Å². The lowest BCUT2D eigenvalue weighted by Crippen LogP contribution is -2.24. The lowest BCUT2D eigenvalue weighted by molar-refractivity contribution is -0.146. The zero-order valence-electron chi connectivity index (χ0n) is 8.90. The van der Waals surface area contributed by atoms with Crippen LogP contribution in [0.1, 0.15) is 45.4 Å². The fourth-order valence-corrected chi connectivity index (χ4v) is 1.34. The van der Waals surface area contributed by atoms with Crippen LogP contribution in [0.25, 0.3) is 0 Å². The number of carbonyl (C=O) groups is 1. The van der Waals surface area contributed by atoms with Crippen LogP contribution in [0, 0.1) is 0 Å². The van der Waals surface area contributed by atoms with Gasteiger partial charge in [0.15, 0.2) is 0 Å². The van der Waals surface area contributed by atoms with Gasteiger partial charge in [-0.15, -0.1) is 11.6 Å². The topological polar surface area (TPSA) is 26.3 Å². The van der Waals surface area contributed by atoms with Crippen LogP contribution in [0.4, 0.5) is 0 Å². The summed E-state index contributed by atoms with van der Waals surface area (Å²) < 4.78 is 3.17. The normalized spacial score (nSPS) is 11.5. The molecule has 0 aliphatic rings. The molecule has 0 amide bonds. The number of halogens is 3. The van der Waals surface area contributed by atoms with E-state index in [9.17, 15) is 4.79 Å². The third-order valence-corrected chi connectivity index (χ3v) is 2.97. The SMILES string of the molecule is CCCCCCCC(=O)OC(Cl)(Cl)CCl. The molecule has 0 aromatic rings. The smallest absolute Gasteiger partial charge is 0.308 e. The number of unbranched alkanes of at least 4 members (excludes halogenated alkanes) is 4. The van der Waals surface area contributed by atoms with Gasteiger partial charge < -0.3 is 4.74 Å². The molecule has 0 aliphatic heterocycles. The maximum atomic E-state index is 11.2. The Morgan fingerprint density at radius 3 is 2.33 bits per heavy atom. The van der Waals surface area contributed by atoms with Crippen molar-refractivity contribution >= 4 is 40.8 Å². The van der Waals surface area contributed by atoms with E-state index in [0.29, 0.717) is 6.42 Å². The Kier molecular flexibility index (Phi) is 8.68. The number of carbonyl (C=O) groups excluding carboxylic acids is 1. The van der Waals surface area contributed by atoms with Gasteiger partial charge in [-0.1, -0.05) is 55.8 Å². The number of rotatable bonds is 8. The maximum Gasteiger partial charge on any atom is 0.308 e. The zero-order valence-corrected chi connectivity index (χ0v) is 11.2. The summed E-state index contributed by atoms with van der Waals surface area (Å²) in [7, 11) is 0. The van der Waals surface area contributed by atoms with Gasteiger partial charge in [-0.05, 0) is 6.42 Å². The molecule has 0 N–H and O–H groups in total. The highest BCUT2D eigenvalue weighted by Gasteiger charge is 2.27. The predicted octanol–water partition coefficient (Wildman–Crippen LogP) is 4.26. The monoisotopic (exact) mass is 274 g/mol. The molecule has 5 heteroatoms. The van der Waals surface area contributed by atoms with Crippen LogP contribution in [0.15, 0.2) is 0 Å². The minimum Gasteiger partial charge on any atom is -0.427 e. The van der Waals surface area contributed by atoms with Crippen molar-refractivity contribution in [3.8, 4) is 0 Å². The molecular formula is C10H17Cl3O2. The van der Waals surface area contributed by atoms with E-state index in [1.807, 2.05) is 0 Å². The third kappa shape index (κ3) is 9.28. The van der Waals surface area contributed by atoms with Crippen LogP contribution < -0.4 is 0 Å². The summed E-state index contributed by atoms with van der Waals surface area (Å²) in [6, 6.07) is 0. The molecule has 15 heavy (non-hydrogen) atoms. The van der Waals surface area contributed by atoms with Gasteiger partial charge in [0, 0.05) is 6.42 Å². The van der Waals surface area contributed by atoms with Crippen LogP contribution in [0.5, 0.6) is 0 Å². The molecule has 0 aromatic carbocycles. The van der Waals surface area contributed by atoms with Crippen molar-refractivity contribution in [2.75, 3.05) is 5.88 Å². The Morgan fingerprint density at radius 2 is 1.80 bits per heavy atom. The van der Waals surface area contributed by atoms with Gasteiger partial charge in [-0.2, -0.15) is 0 Å². The fourth-order valence-electron chi connectivity index (χ4n) is 1.12. The van der Waals surface area contributed by atoms with Crippen LogP contribution in [-0.4, -0.2) is 16.4 Å². The Bertz CT molecular complexity index is 184. The summed E-state index contributed by atoms with van der Waals surface area (Å²) >= 11 is 16.5. The molecule has 0 aliphatic carbocycles. The molecular weight excluding hydrogens is 258 g/mol. The number of hydrogen-bond donors (Lipinski definition) is 0. The first-order chi connectivity index (χ1) is 7.02. The average molecular weight is 276 g/mol. The van der Waals surface area contributed by atoms with Crippen molar-refractivity contribution < 1.29 is 9.53 Å². The molecule has 0 rings (SSSR count). The molecule has 0 spiro atoms. The number of hydrogen-bond acceptors (Lipinski definition) is 2. The van der Waals surface area contributed by atoms with Crippen molar-refractivity contribution in [1.29, 1.82) is 0 Å². The molecule has 90 valence electrons. The summed E-state index contributed by atoms with van der Waals surface area (Å²) in [6.07, 6.45) is 5.72. The number of alkyl halides is 3. The van der Waals surface area contributed by atoms with E-state index >= 15 is 0 Å². The first kappa shape index (κ1) is 15.3. The third-order valence-electron chi connectivity index (χ3n) is 1.90. The number of esters is 1.